The van der Waals surface area contributed by atoms with Crippen LogP contribution in [0.2, 0.25) is 0 Å². The van der Waals surface area contributed by atoms with Crippen LogP contribution in [0.15, 0.2) is 0 Å². The molecule has 1 amide bonds. The van der Waals surface area contributed by atoms with Gasteiger partial charge in [-0.25, -0.2) is 4.79 Å². The highest BCUT2D eigenvalue weighted by atomic mass is 16.6. The van der Waals surface area contributed by atoms with Gasteiger partial charge >= 0.3 is 6.09 Å². The quantitative estimate of drug-likeness (QED) is 0.843. The number of nitrogens with one attached hydrogen (secondary N) is 1. The lowest BCUT2D eigenvalue weighted by Crippen LogP contribution is -2.64. The molecule has 1 rings (SSSR count). The Bertz CT molecular complexity index is 288. The lowest BCUT2D eigenvalue weighted by atomic mass is 9.93. The molecule has 1 unspecified atom stereocenters. The van der Waals surface area contributed by atoms with Crippen LogP contribution < -0.4 is 5.32 Å². The van der Waals surface area contributed by atoms with Crippen LogP contribution in [0.5, 0.6) is 0 Å². The van der Waals surface area contributed by atoms with E-state index in [1.54, 1.807) is 0 Å². The van der Waals surface area contributed by atoms with Gasteiger partial charge in [0.1, 0.15) is 0 Å². The van der Waals surface area contributed by atoms with E-state index in [1.807, 2.05) is 18.7 Å². The Balaban J connectivity index is 2.66. The Kier molecular flexibility index (Phi) is 5.02. The van der Waals surface area contributed by atoms with Crippen molar-refractivity contribution in [3.05, 3.63) is 0 Å². The van der Waals surface area contributed by atoms with Gasteiger partial charge in [0, 0.05) is 19.1 Å². The van der Waals surface area contributed by atoms with E-state index in [9.17, 15) is 4.79 Å². The van der Waals surface area contributed by atoms with Crippen LogP contribution in [0.1, 0.15) is 41.5 Å². The molecule has 1 heterocycles. The predicted molar refractivity (Wildman–Crippen MR) is 73.6 cm³/mol. The number of hydrogen-bond acceptors (Lipinski definition) is 3. The van der Waals surface area contributed by atoms with Gasteiger partial charge in [0.25, 0.3) is 0 Å². The van der Waals surface area contributed by atoms with Gasteiger partial charge in [-0.3, -0.25) is 0 Å². The van der Waals surface area contributed by atoms with E-state index in [0.717, 1.165) is 13.1 Å². The summed E-state index contributed by atoms with van der Waals surface area (Å²) >= 11 is 0. The monoisotopic (exact) mass is 256 g/mol. The number of hydrogen-bond donors (Lipinski definition) is 1. The van der Waals surface area contributed by atoms with E-state index in [2.05, 4.69) is 33.0 Å². The summed E-state index contributed by atoms with van der Waals surface area (Å²) in [5.74, 6) is 0.891. The molecule has 18 heavy (non-hydrogen) atoms. The van der Waals surface area contributed by atoms with Crippen molar-refractivity contribution in [1.82, 2.24) is 10.2 Å². The SMILES string of the molecule is CC(C)COC(=O)N1CC(C(C)C)NCC1(C)C. The van der Waals surface area contributed by atoms with Gasteiger partial charge in [-0.2, -0.15) is 0 Å². The highest BCUT2D eigenvalue weighted by Gasteiger charge is 2.38. The molecule has 0 spiro atoms. The average Bonchev–Trinajstić information content (AvgIpc) is 2.25. The first-order valence-corrected chi connectivity index (χ1v) is 6.92. The molecule has 0 bridgehead atoms. The number of rotatable bonds is 3. The third-order valence-electron chi connectivity index (χ3n) is 3.47. The van der Waals surface area contributed by atoms with Crippen molar-refractivity contribution in [3.8, 4) is 0 Å². The zero-order chi connectivity index (χ0) is 13.9. The molecule has 0 aliphatic carbocycles. The normalized spacial score (nSPS) is 23.6. The molecule has 0 aromatic rings. The molecule has 106 valence electrons. The highest BCUT2D eigenvalue weighted by Crippen LogP contribution is 2.22. The molecule has 1 aliphatic rings. The lowest BCUT2D eigenvalue weighted by Gasteiger charge is -2.46. The molecule has 0 aromatic heterocycles. The maximum absolute atomic E-state index is 12.2. The summed E-state index contributed by atoms with van der Waals surface area (Å²) in [6.45, 7) is 14.6. The van der Waals surface area contributed by atoms with Crippen molar-refractivity contribution in [2.75, 3.05) is 19.7 Å². The standard InChI is InChI=1S/C14H28N2O2/c1-10(2)8-18-13(17)16-7-12(11(3)4)15-9-14(16,5)6/h10-12,15H,7-9H2,1-6H3. The number of carbonyl (C=O) groups is 1. The number of piperazine rings is 1. The Hall–Kier alpha value is -0.770. The molecule has 0 aromatic carbocycles. The van der Waals surface area contributed by atoms with E-state index in [-0.39, 0.29) is 11.6 Å². The summed E-state index contributed by atoms with van der Waals surface area (Å²) in [6, 6.07) is 0.352. The molecular weight excluding hydrogens is 228 g/mol. The summed E-state index contributed by atoms with van der Waals surface area (Å²) < 4.78 is 5.37. The maximum atomic E-state index is 12.2. The molecular formula is C14H28N2O2. The van der Waals surface area contributed by atoms with Crippen LogP contribution in [0.4, 0.5) is 4.79 Å². The van der Waals surface area contributed by atoms with E-state index < -0.39 is 0 Å². The number of amides is 1. The molecule has 1 N–H and O–H groups in total. The summed E-state index contributed by atoms with van der Waals surface area (Å²) in [6.07, 6.45) is -0.180. The van der Waals surface area contributed by atoms with Crippen molar-refractivity contribution in [1.29, 1.82) is 0 Å². The Labute approximate surface area is 111 Å². The van der Waals surface area contributed by atoms with Gasteiger partial charge in [0.05, 0.1) is 12.1 Å². The zero-order valence-electron chi connectivity index (χ0n) is 12.6. The first-order chi connectivity index (χ1) is 8.24. The van der Waals surface area contributed by atoms with Gasteiger partial charge in [0.2, 0.25) is 0 Å². The van der Waals surface area contributed by atoms with Crippen LogP contribution >= 0.6 is 0 Å². The Morgan fingerprint density at radius 1 is 1.39 bits per heavy atom. The van der Waals surface area contributed by atoms with Gasteiger partial charge in [-0.15, -0.1) is 0 Å². The number of carbonyl (C=O) groups excluding carboxylic acids is 1. The molecule has 1 atom stereocenters. The fraction of sp³-hybridized carbons (Fsp3) is 0.929. The predicted octanol–water partition coefficient (Wildman–Crippen LogP) is 2.49. The van der Waals surface area contributed by atoms with Crippen LogP contribution in [0, 0.1) is 11.8 Å². The van der Waals surface area contributed by atoms with E-state index in [0.29, 0.717) is 24.5 Å². The third kappa shape index (κ3) is 3.87. The minimum Gasteiger partial charge on any atom is -0.449 e. The summed E-state index contributed by atoms with van der Waals surface area (Å²) in [7, 11) is 0. The highest BCUT2D eigenvalue weighted by molar-refractivity contribution is 5.69. The van der Waals surface area contributed by atoms with E-state index >= 15 is 0 Å². The molecule has 0 radical (unpaired) electrons. The second-order valence-corrected chi connectivity index (χ2v) is 6.63. The molecule has 0 saturated carbocycles. The zero-order valence-corrected chi connectivity index (χ0v) is 12.6. The lowest BCUT2D eigenvalue weighted by molar-refractivity contribution is 0.0275. The first-order valence-electron chi connectivity index (χ1n) is 6.92. The maximum Gasteiger partial charge on any atom is 0.410 e. The second kappa shape index (κ2) is 5.91. The molecule has 4 nitrogen and oxygen atoms in total. The average molecular weight is 256 g/mol. The Morgan fingerprint density at radius 2 is 2.00 bits per heavy atom. The summed E-state index contributed by atoms with van der Waals surface area (Å²) in [4.78, 5) is 14.0. The molecule has 1 aliphatic heterocycles. The number of nitrogens with zero attached hydrogens (tertiary/aromatic N) is 1. The smallest absolute Gasteiger partial charge is 0.410 e. The fourth-order valence-electron chi connectivity index (χ4n) is 2.07. The number of ether oxygens (including phenoxy) is 1. The van der Waals surface area contributed by atoms with Gasteiger partial charge in [-0.1, -0.05) is 27.7 Å². The first kappa shape index (κ1) is 15.3. The van der Waals surface area contributed by atoms with Crippen LogP contribution in [0.3, 0.4) is 0 Å². The second-order valence-electron chi connectivity index (χ2n) is 6.63. The van der Waals surface area contributed by atoms with Crippen molar-refractivity contribution < 1.29 is 9.53 Å². The molecule has 1 fully saturated rings. The summed E-state index contributed by atoms with van der Waals surface area (Å²) in [5.41, 5.74) is -0.181. The molecule has 4 heteroatoms. The van der Waals surface area contributed by atoms with Crippen molar-refractivity contribution in [3.63, 3.8) is 0 Å². The van der Waals surface area contributed by atoms with Gasteiger partial charge in [-0.05, 0) is 25.7 Å². The fourth-order valence-corrected chi connectivity index (χ4v) is 2.07. The third-order valence-corrected chi connectivity index (χ3v) is 3.47. The van der Waals surface area contributed by atoms with Crippen molar-refractivity contribution in [2.24, 2.45) is 11.8 Å². The summed E-state index contributed by atoms with van der Waals surface area (Å²) in [5, 5.41) is 3.51. The largest absolute Gasteiger partial charge is 0.449 e. The van der Waals surface area contributed by atoms with Gasteiger partial charge in [0.15, 0.2) is 0 Å². The van der Waals surface area contributed by atoms with Crippen LogP contribution in [-0.2, 0) is 4.74 Å². The van der Waals surface area contributed by atoms with E-state index in [1.165, 1.54) is 0 Å². The van der Waals surface area contributed by atoms with Crippen LogP contribution in [-0.4, -0.2) is 42.3 Å². The van der Waals surface area contributed by atoms with Crippen molar-refractivity contribution >= 4 is 6.09 Å². The van der Waals surface area contributed by atoms with Gasteiger partial charge < -0.3 is 15.0 Å². The minimum absolute atomic E-state index is 0.180. The Morgan fingerprint density at radius 3 is 2.50 bits per heavy atom. The van der Waals surface area contributed by atoms with Crippen molar-refractivity contribution in [2.45, 2.75) is 53.1 Å². The minimum atomic E-state index is -0.181. The van der Waals surface area contributed by atoms with Crippen LogP contribution in [0.25, 0.3) is 0 Å². The topological polar surface area (TPSA) is 41.6 Å². The molecule has 1 saturated heterocycles. The van der Waals surface area contributed by atoms with E-state index in [4.69, 9.17) is 4.74 Å².